The van der Waals surface area contributed by atoms with Gasteiger partial charge in [0.1, 0.15) is 6.04 Å². The Morgan fingerprint density at radius 2 is 1.67 bits per heavy atom. The average Bonchev–Trinajstić information content (AvgIpc) is 3.25. The number of carbonyl (C=O) groups is 2. The van der Waals surface area contributed by atoms with Crippen LogP contribution in [0.2, 0.25) is 0 Å². The van der Waals surface area contributed by atoms with Gasteiger partial charge in [0.15, 0.2) is 0 Å². The first-order chi connectivity index (χ1) is 17.3. The third kappa shape index (κ3) is 3.15. The Kier molecular flexibility index (Phi) is 5.20. The minimum atomic E-state index is -2.97. The molecule has 0 unspecified atom stereocenters. The third-order valence-corrected chi connectivity index (χ3v) is 8.41. The SMILES string of the molecule is CNC(=O)C[C@]1(C)C(=O)N(C2CCN([C@H]3c4cccc5cccc(c45)C3(F)F)CC2)c2ccccc21. The van der Waals surface area contributed by atoms with Crippen molar-refractivity contribution in [1.29, 1.82) is 0 Å². The van der Waals surface area contributed by atoms with Gasteiger partial charge in [-0.1, -0.05) is 54.6 Å². The van der Waals surface area contributed by atoms with Gasteiger partial charge >= 0.3 is 0 Å². The number of anilines is 1. The van der Waals surface area contributed by atoms with E-state index in [4.69, 9.17) is 0 Å². The van der Waals surface area contributed by atoms with Crippen molar-refractivity contribution in [3.63, 3.8) is 0 Å². The van der Waals surface area contributed by atoms with Gasteiger partial charge in [-0.15, -0.1) is 0 Å². The van der Waals surface area contributed by atoms with Crippen LogP contribution in [0.4, 0.5) is 14.5 Å². The molecule has 0 aromatic heterocycles. The lowest BCUT2D eigenvalue weighted by atomic mass is 9.80. The van der Waals surface area contributed by atoms with E-state index in [-0.39, 0.29) is 29.8 Å². The molecule has 1 saturated heterocycles. The number of carbonyl (C=O) groups excluding carboxylic acids is 2. The minimum absolute atomic E-state index is 0.0747. The Labute approximate surface area is 209 Å². The highest BCUT2D eigenvalue weighted by Gasteiger charge is 2.54. The highest BCUT2D eigenvalue weighted by atomic mass is 19.3. The molecule has 2 heterocycles. The maximum Gasteiger partial charge on any atom is 0.293 e. The quantitative estimate of drug-likeness (QED) is 0.568. The van der Waals surface area contributed by atoms with E-state index in [1.807, 2.05) is 65.3 Å². The van der Waals surface area contributed by atoms with E-state index in [0.717, 1.165) is 16.6 Å². The Hall–Kier alpha value is -3.32. The summed E-state index contributed by atoms with van der Waals surface area (Å²) in [5.41, 5.74) is 1.54. The number of para-hydroxylation sites is 1. The van der Waals surface area contributed by atoms with Gasteiger partial charge in [-0.3, -0.25) is 14.5 Å². The summed E-state index contributed by atoms with van der Waals surface area (Å²) < 4.78 is 31.5. The number of likely N-dealkylation sites (tertiary alicyclic amines) is 1. The van der Waals surface area contributed by atoms with Crippen LogP contribution in [0.3, 0.4) is 0 Å². The molecule has 36 heavy (non-hydrogen) atoms. The number of piperidine rings is 1. The predicted octanol–water partition coefficient (Wildman–Crippen LogP) is 4.89. The number of fused-ring (bicyclic) bond motifs is 1. The first-order valence-corrected chi connectivity index (χ1v) is 12.5. The monoisotopic (exact) mass is 489 g/mol. The molecule has 1 N–H and O–H groups in total. The second-order valence-corrected chi connectivity index (χ2v) is 10.4. The molecule has 5 nitrogen and oxygen atoms in total. The first kappa shape index (κ1) is 23.1. The normalized spacial score (nSPS) is 25.4. The standard InChI is InChI=1S/C29H29F2N3O2/c1-28(17-24(35)32-2)21-10-3-4-12-23(21)34(27(28)36)19-13-15-33(16-14-19)26-20-9-5-7-18-8-6-11-22(25(18)20)29(26,30)31/h3-12,19,26H,13-17H2,1-2H3,(H,32,35)/t26-,28-/m0/s1. The van der Waals surface area contributed by atoms with E-state index in [2.05, 4.69) is 5.32 Å². The van der Waals surface area contributed by atoms with Crippen molar-refractivity contribution in [3.8, 4) is 0 Å². The van der Waals surface area contributed by atoms with Crippen molar-refractivity contribution in [2.75, 3.05) is 25.0 Å². The highest BCUT2D eigenvalue weighted by Crippen LogP contribution is 2.55. The summed E-state index contributed by atoms with van der Waals surface area (Å²) in [4.78, 5) is 29.8. The molecule has 0 saturated carbocycles. The fraction of sp³-hybridized carbons (Fsp3) is 0.379. The Balaban J connectivity index is 1.27. The van der Waals surface area contributed by atoms with E-state index in [1.54, 1.807) is 19.2 Å². The van der Waals surface area contributed by atoms with Crippen LogP contribution in [0.1, 0.15) is 48.9 Å². The maximum absolute atomic E-state index is 15.7. The van der Waals surface area contributed by atoms with E-state index in [9.17, 15) is 9.59 Å². The second kappa shape index (κ2) is 8.10. The fourth-order valence-electron chi connectivity index (χ4n) is 6.63. The molecule has 0 spiro atoms. The lowest BCUT2D eigenvalue weighted by Crippen LogP contribution is -2.51. The molecule has 186 valence electrons. The van der Waals surface area contributed by atoms with Crippen LogP contribution in [0.15, 0.2) is 60.7 Å². The van der Waals surface area contributed by atoms with E-state index < -0.39 is 17.4 Å². The van der Waals surface area contributed by atoms with Crippen molar-refractivity contribution >= 4 is 28.3 Å². The number of hydrogen-bond acceptors (Lipinski definition) is 3. The average molecular weight is 490 g/mol. The lowest BCUT2D eigenvalue weighted by Gasteiger charge is -2.41. The number of benzene rings is 3. The number of amides is 2. The zero-order valence-corrected chi connectivity index (χ0v) is 20.4. The third-order valence-electron chi connectivity index (χ3n) is 8.41. The molecule has 0 radical (unpaired) electrons. The van der Waals surface area contributed by atoms with Gasteiger partial charge in [0.05, 0.1) is 5.41 Å². The molecule has 1 aliphatic carbocycles. The largest absolute Gasteiger partial charge is 0.359 e. The van der Waals surface area contributed by atoms with Gasteiger partial charge in [0.25, 0.3) is 5.92 Å². The molecule has 2 amide bonds. The summed E-state index contributed by atoms with van der Waals surface area (Å²) in [6.45, 7) is 2.76. The molecule has 0 bridgehead atoms. The van der Waals surface area contributed by atoms with Gasteiger partial charge in [0, 0.05) is 43.9 Å². The van der Waals surface area contributed by atoms with E-state index in [1.165, 1.54) is 0 Å². The Morgan fingerprint density at radius 3 is 2.39 bits per heavy atom. The molecule has 3 aromatic carbocycles. The maximum atomic E-state index is 15.7. The summed E-state index contributed by atoms with van der Waals surface area (Å²) in [6, 6.07) is 17.2. The predicted molar refractivity (Wildman–Crippen MR) is 135 cm³/mol. The summed E-state index contributed by atoms with van der Waals surface area (Å²) >= 11 is 0. The van der Waals surface area contributed by atoms with Crippen molar-refractivity contribution < 1.29 is 18.4 Å². The van der Waals surface area contributed by atoms with Crippen LogP contribution in [0.5, 0.6) is 0 Å². The zero-order valence-electron chi connectivity index (χ0n) is 20.4. The van der Waals surface area contributed by atoms with Crippen molar-refractivity contribution in [2.45, 2.75) is 49.6 Å². The van der Waals surface area contributed by atoms with Crippen molar-refractivity contribution in [1.82, 2.24) is 10.2 Å². The summed E-state index contributed by atoms with van der Waals surface area (Å²) in [6.07, 6.45) is 1.26. The lowest BCUT2D eigenvalue weighted by molar-refractivity contribution is -0.129. The fourth-order valence-corrected chi connectivity index (χ4v) is 6.63. The number of alkyl halides is 2. The second-order valence-electron chi connectivity index (χ2n) is 10.4. The number of nitrogens with one attached hydrogen (secondary N) is 1. The van der Waals surface area contributed by atoms with Gasteiger partial charge in [-0.05, 0) is 47.7 Å². The van der Waals surface area contributed by atoms with Crippen LogP contribution in [-0.4, -0.2) is 42.9 Å². The van der Waals surface area contributed by atoms with Crippen molar-refractivity contribution in [3.05, 3.63) is 77.4 Å². The summed E-state index contributed by atoms with van der Waals surface area (Å²) in [5, 5.41) is 4.15. The van der Waals surface area contributed by atoms with Crippen LogP contribution >= 0.6 is 0 Å². The van der Waals surface area contributed by atoms with Gasteiger partial charge in [-0.2, -0.15) is 8.78 Å². The molecular weight excluding hydrogens is 460 g/mol. The molecular formula is C29H29F2N3O2. The molecule has 2 atom stereocenters. The first-order valence-electron chi connectivity index (χ1n) is 12.5. The number of halogens is 2. The van der Waals surface area contributed by atoms with Crippen LogP contribution in [-0.2, 0) is 20.9 Å². The molecule has 3 aliphatic rings. The van der Waals surface area contributed by atoms with Crippen LogP contribution < -0.4 is 10.2 Å². The van der Waals surface area contributed by atoms with Crippen LogP contribution in [0, 0.1) is 0 Å². The van der Waals surface area contributed by atoms with Gasteiger partial charge in [-0.25, -0.2) is 0 Å². The topological polar surface area (TPSA) is 52.7 Å². The van der Waals surface area contributed by atoms with Crippen molar-refractivity contribution in [2.24, 2.45) is 0 Å². The molecule has 7 heteroatoms. The Bertz CT molecular complexity index is 1380. The zero-order chi connectivity index (χ0) is 25.2. The molecule has 3 aromatic rings. The van der Waals surface area contributed by atoms with Gasteiger partial charge < -0.3 is 10.2 Å². The number of hydrogen-bond donors (Lipinski definition) is 1. The highest BCUT2D eigenvalue weighted by molar-refractivity contribution is 6.10. The minimum Gasteiger partial charge on any atom is -0.359 e. The van der Waals surface area contributed by atoms with Crippen LogP contribution in [0.25, 0.3) is 10.8 Å². The van der Waals surface area contributed by atoms with E-state index in [0.29, 0.717) is 36.9 Å². The smallest absolute Gasteiger partial charge is 0.293 e. The van der Waals surface area contributed by atoms with E-state index >= 15 is 8.78 Å². The summed E-state index contributed by atoms with van der Waals surface area (Å²) in [7, 11) is 1.57. The number of rotatable bonds is 4. The molecule has 6 rings (SSSR count). The number of nitrogens with zero attached hydrogens (tertiary/aromatic N) is 2. The van der Waals surface area contributed by atoms with Gasteiger partial charge in [0.2, 0.25) is 11.8 Å². The summed E-state index contributed by atoms with van der Waals surface area (Å²) in [5.74, 6) is -3.25. The molecule has 1 fully saturated rings. The molecule has 2 aliphatic heterocycles. The Morgan fingerprint density at radius 1 is 1.00 bits per heavy atom.